The van der Waals surface area contributed by atoms with Crippen molar-refractivity contribution >= 4 is 17.5 Å². The number of hydrogen-bond donors (Lipinski definition) is 1. The summed E-state index contributed by atoms with van der Waals surface area (Å²) >= 11 is 0. The maximum Gasteiger partial charge on any atom is 0.226 e. The first kappa shape index (κ1) is 19.7. The molecule has 1 amide bonds. The largest absolute Gasteiger partial charge is 0.494 e. The van der Waals surface area contributed by atoms with Gasteiger partial charge in [-0.15, -0.1) is 0 Å². The lowest BCUT2D eigenvalue weighted by Crippen LogP contribution is -2.14. The van der Waals surface area contributed by atoms with Crippen LogP contribution >= 0.6 is 0 Å². The van der Waals surface area contributed by atoms with Crippen LogP contribution in [0, 0.1) is 0 Å². The Hall–Kier alpha value is -2.63. The Morgan fingerprint density at radius 2 is 1.85 bits per heavy atom. The predicted molar refractivity (Wildman–Crippen MR) is 99.6 cm³/mol. The number of benzene rings is 1. The van der Waals surface area contributed by atoms with E-state index in [1.165, 1.54) is 0 Å². The summed E-state index contributed by atoms with van der Waals surface area (Å²) in [6, 6.07) is 8.68. The Bertz CT molecular complexity index is 742. The zero-order chi connectivity index (χ0) is 19.2. The Morgan fingerprint density at radius 1 is 1.15 bits per heavy atom. The van der Waals surface area contributed by atoms with Gasteiger partial charge in [0.1, 0.15) is 11.5 Å². The zero-order valence-corrected chi connectivity index (χ0v) is 15.8. The minimum Gasteiger partial charge on any atom is -0.494 e. The van der Waals surface area contributed by atoms with Crippen LogP contribution in [0.15, 0.2) is 34.9 Å². The summed E-state index contributed by atoms with van der Waals surface area (Å²) in [6.45, 7) is 8.67. The predicted octanol–water partition coefficient (Wildman–Crippen LogP) is 4.36. The van der Waals surface area contributed by atoms with E-state index in [-0.39, 0.29) is 29.9 Å². The van der Waals surface area contributed by atoms with Gasteiger partial charge >= 0.3 is 0 Å². The molecule has 1 aromatic carbocycles. The summed E-state index contributed by atoms with van der Waals surface area (Å²) < 4.78 is 10.7. The normalized spacial score (nSPS) is 11.2. The van der Waals surface area contributed by atoms with Gasteiger partial charge in [-0.2, -0.15) is 0 Å². The van der Waals surface area contributed by atoms with Crippen molar-refractivity contribution in [2.24, 2.45) is 0 Å². The van der Waals surface area contributed by atoms with Crippen molar-refractivity contribution in [1.82, 2.24) is 5.16 Å². The van der Waals surface area contributed by atoms with Crippen LogP contribution in [0.1, 0.15) is 63.1 Å². The van der Waals surface area contributed by atoms with Gasteiger partial charge in [-0.25, -0.2) is 0 Å². The highest BCUT2D eigenvalue weighted by Gasteiger charge is 2.20. The van der Waals surface area contributed by atoms with Gasteiger partial charge in [0.05, 0.1) is 6.61 Å². The van der Waals surface area contributed by atoms with E-state index in [9.17, 15) is 9.59 Å². The summed E-state index contributed by atoms with van der Waals surface area (Å²) in [5.41, 5.74) is 0.386. The maximum absolute atomic E-state index is 12.2. The maximum atomic E-state index is 12.2. The summed E-state index contributed by atoms with van der Waals surface area (Å²) in [6.07, 6.45) is 1.15. The molecule has 0 aliphatic rings. The molecule has 0 saturated heterocycles. The van der Waals surface area contributed by atoms with Gasteiger partial charge < -0.3 is 14.6 Å². The number of rotatable bonds is 8. The summed E-state index contributed by atoms with van der Waals surface area (Å²) in [4.78, 5) is 24.2. The van der Waals surface area contributed by atoms with Crippen LogP contribution in [0.3, 0.4) is 0 Å². The molecule has 0 saturated carbocycles. The number of anilines is 1. The van der Waals surface area contributed by atoms with E-state index in [4.69, 9.17) is 9.26 Å². The van der Waals surface area contributed by atoms with Gasteiger partial charge in [-0.3, -0.25) is 9.59 Å². The Balaban J connectivity index is 1.83. The molecular weight excluding hydrogens is 332 g/mol. The van der Waals surface area contributed by atoms with Crippen LogP contribution < -0.4 is 10.1 Å². The third-order valence-electron chi connectivity index (χ3n) is 3.75. The average molecular weight is 358 g/mol. The highest BCUT2D eigenvalue weighted by Crippen LogP contribution is 2.24. The molecule has 0 aliphatic heterocycles. The SMILES string of the molecule is CCCOc1ccc(C(=O)CCC(=O)Nc2cc(C(C)(C)C)on2)cc1. The van der Waals surface area contributed by atoms with E-state index in [1.807, 2.05) is 27.7 Å². The van der Waals surface area contributed by atoms with E-state index in [0.717, 1.165) is 12.2 Å². The van der Waals surface area contributed by atoms with Crippen molar-refractivity contribution in [3.8, 4) is 5.75 Å². The molecule has 2 rings (SSSR count). The van der Waals surface area contributed by atoms with Crippen LogP contribution in [-0.4, -0.2) is 23.5 Å². The number of hydrogen-bond acceptors (Lipinski definition) is 5. The van der Waals surface area contributed by atoms with Crippen LogP contribution in [0.4, 0.5) is 5.82 Å². The molecule has 0 spiro atoms. The lowest BCUT2D eigenvalue weighted by Gasteiger charge is -2.12. The topological polar surface area (TPSA) is 81.4 Å². The van der Waals surface area contributed by atoms with E-state index >= 15 is 0 Å². The monoisotopic (exact) mass is 358 g/mol. The third kappa shape index (κ3) is 5.72. The molecular formula is C20H26N2O4. The number of Topliss-reactive ketones (excluding diaryl/α,β-unsaturated/α-hetero) is 1. The quantitative estimate of drug-likeness (QED) is 0.709. The number of aromatic nitrogens is 1. The molecule has 6 nitrogen and oxygen atoms in total. The van der Waals surface area contributed by atoms with Gasteiger partial charge in [0.25, 0.3) is 0 Å². The molecule has 6 heteroatoms. The zero-order valence-electron chi connectivity index (χ0n) is 15.8. The second-order valence-corrected chi connectivity index (χ2v) is 7.17. The van der Waals surface area contributed by atoms with Gasteiger partial charge in [0, 0.05) is 29.9 Å². The van der Waals surface area contributed by atoms with Crippen molar-refractivity contribution in [3.05, 3.63) is 41.7 Å². The highest BCUT2D eigenvalue weighted by atomic mass is 16.5. The van der Waals surface area contributed by atoms with Crippen molar-refractivity contribution in [3.63, 3.8) is 0 Å². The van der Waals surface area contributed by atoms with Crippen molar-refractivity contribution < 1.29 is 18.8 Å². The molecule has 0 unspecified atom stereocenters. The molecule has 2 aromatic rings. The van der Waals surface area contributed by atoms with E-state index in [1.54, 1.807) is 30.3 Å². The molecule has 1 N–H and O–H groups in total. The molecule has 1 heterocycles. The van der Waals surface area contributed by atoms with Gasteiger partial charge in [0.2, 0.25) is 5.91 Å². The van der Waals surface area contributed by atoms with E-state index in [2.05, 4.69) is 10.5 Å². The van der Waals surface area contributed by atoms with E-state index < -0.39 is 0 Å². The number of nitrogens with zero attached hydrogens (tertiary/aromatic N) is 1. The summed E-state index contributed by atoms with van der Waals surface area (Å²) in [5, 5.41) is 6.49. The molecule has 0 bridgehead atoms. The molecule has 0 fully saturated rings. The first-order valence-electron chi connectivity index (χ1n) is 8.82. The standard InChI is InChI=1S/C20H26N2O4/c1-5-12-25-15-8-6-14(7-9-15)16(23)10-11-19(24)21-18-13-17(26-22-18)20(2,3)4/h6-9,13H,5,10-12H2,1-4H3,(H,21,22,24). The van der Waals surface area contributed by atoms with Crippen molar-refractivity contribution in [2.75, 3.05) is 11.9 Å². The second kappa shape index (κ2) is 8.65. The minimum absolute atomic E-state index is 0.0854. The fraction of sp³-hybridized carbons (Fsp3) is 0.450. The third-order valence-corrected chi connectivity index (χ3v) is 3.75. The number of ketones is 1. The first-order chi connectivity index (χ1) is 12.3. The van der Waals surface area contributed by atoms with Gasteiger partial charge in [-0.05, 0) is 30.7 Å². The Kier molecular flexibility index (Phi) is 6.55. The first-order valence-corrected chi connectivity index (χ1v) is 8.82. The van der Waals surface area contributed by atoms with Crippen molar-refractivity contribution in [2.45, 2.75) is 52.4 Å². The minimum atomic E-state index is -0.269. The highest BCUT2D eigenvalue weighted by molar-refractivity contribution is 5.99. The molecule has 1 aromatic heterocycles. The smallest absolute Gasteiger partial charge is 0.226 e. The Morgan fingerprint density at radius 3 is 2.42 bits per heavy atom. The molecule has 26 heavy (non-hydrogen) atoms. The van der Waals surface area contributed by atoms with Crippen molar-refractivity contribution in [1.29, 1.82) is 0 Å². The average Bonchev–Trinajstić information content (AvgIpc) is 3.07. The summed E-state index contributed by atoms with van der Waals surface area (Å²) in [5.74, 6) is 1.44. The molecule has 0 atom stereocenters. The number of carbonyl (C=O) groups is 2. The van der Waals surface area contributed by atoms with Gasteiger partial charge in [-0.1, -0.05) is 32.9 Å². The number of amides is 1. The number of ether oxygens (including phenoxy) is 1. The fourth-order valence-corrected chi connectivity index (χ4v) is 2.22. The lowest BCUT2D eigenvalue weighted by molar-refractivity contribution is -0.116. The van der Waals surface area contributed by atoms with Crippen LogP contribution in [0.2, 0.25) is 0 Å². The fourth-order valence-electron chi connectivity index (χ4n) is 2.22. The Labute approximate surface area is 153 Å². The van der Waals surface area contributed by atoms with Crippen LogP contribution in [-0.2, 0) is 10.2 Å². The van der Waals surface area contributed by atoms with Gasteiger partial charge in [0.15, 0.2) is 11.6 Å². The number of carbonyl (C=O) groups excluding carboxylic acids is 2. The molecule has 0 aliphatic carbocycles. The summed E-state index contributed by atoms with van der Waals surface area (Å²) in [7, 11) is 0. The van der Waals surface area contributed by atoms with E-state index in [0.29, 0.717) is 23.7 Å². The number of nitrogens with one attached hydrogen (secondary N) is 1. The van der Waals surface area contributed by atoms with Crippen LogP contribution in [0.5, 0.6) is 5.75 Å². The molecule has 0 radical (unpaired) electrons. The van der Waals surface area contributed by atoms with Crippen LogP contribution in [0.25, 0.3) is 0 Å². The molecule has 140 valence electrons. The second-order valence-electron chi connectivity index (χ2n) is 7.17. The lowest BCUT2D eigenvalue weighted by atomic mass is 9.93.